The molecule has 7 rings (SSSR count). The van der Waals surface area contributed by atoms with Crippen LogP contribution < -0.4 is 16.0 Å². The molecule has 2 atom stereocenters. The van der Waals surface area contributed by atoms with E-state index in [1.54, 1.807) is 6.20 Å². The van der Waals surface area contributed by atoms with Crippen LogP contribution in [0.1, 0.15) is 55.7 Å². The number of fused-ring (bicyclic) bond motifs is 1. The second kappa shape index (κ2) is 11.6. The zero-order valence-electron chi connectivity index (χ0n) is 24.6. The van der Waals surface area contributed by atoms with Gasteiger partial charge < -0.3 is 14.8 Å². The summed E-state index contributed by atoms with van der Waals surface area (Å²) in [7, 11) is 0. The van der Waals surface area contributed by atoms with E-state index in [0.29, 0.717) is 34.4 Å². The molecule has 0 bridgehead atoms. The average molecular weight is 620 g/mol. The van der Waals surface area contributed by atoms with Crippen molar-refractivity contribution in [1.82, 2.24) is 34.6 Å². The number of pyridine rings is 1. The highest BCUT2D eigenvalue weighted by molar-refractivity contribution is 5.87. The van der Waals surface area contributed by atoms with Crippen LogP contribution in [0.3, 0.4) is 0 Å². The fraction of sp³-hybridized carbons (Fsp3) is 0.419. The van der Waals surface area contributed by atoms with E-state index in [1.165, 1.54) is 18.6 Å². The Morgan fingerprint density at radius 3 is 2.56 bits per heavy atom. The van der Waals surface area contributed by atoms with Gasteiger partial charge in [0.2, 0.25) is 17.6 Å². The second-order valence-corrected chi connectivity index (χ2v) is 11.9. The first-order chi connectivity index (χ1) is 21.7. The van der Waals surface area contributed by atoms with Crippen LogP contribution in [0.25, 0.3) is 22.8 Å². The van der Waals surface area contributed by atoms with Crippen LogP contribution >= 0.6 is 0 Å². The number of halogens is 3. The van der Waals surface area contributed by atoms with Crippen molar-refractivity contribution in [2.75, 3.05) is 16.8 Å². The minimum atomic E-state index is -4.43. The van der Waals surface area contributed by atoms with E-state index in [1.807, 2.05) is 16.8 Å². The molecule has 234 valence electrons. The van der Waals surface area contributed by atoms with Crippen molar-refractivity contribution in [3.63, 3.8) is 0 Å². The number of nitrogens with one attached hydrogen (secondary N) is 2. The number of hydrogen-bond acceptors (Lipinski definition) is 9. The molecule has 1 saturated carbocycles. The average Bonchev–Trinajstić information content (AvgIpc) is 3.71. The summed E-state index contributed by atoms with van der Waals surface area (Å²) in [6.07, 6.45) is 5.22. The molecule has 1 aliphatic heterocycles. The largest absolute Gasteiger partial charge is 0.439 e. The smallest absolute Gasteiger partial charge is 0.365 e. The van der Waals surface area contributed by atoms with Gasteiger partial charge in [-0.2, -0.15) is 18.2 Å². The topological polar surface area (TPSA) is 131 Å². The number of anilines is 2. The fourth-order valence-electron chi connectivity index (χ4n) is 6.28. The Bertz CT molecular complexity index is 1850. The molecule has 5 heterocycles. The predicted octanol–water partition coefficient (Wildman–Crippen LogP) is 5.44. The quantitative estimate of drug-likeness (QED) is 0.221. The molecule has 0 amide bonds. The first-order valence-corrected chi connectivity index (χ1v) is 15.2. The van der Waals surface area contributed by atoms with Gasteiger partial charge in [0.25, 0.3) is 0 Å². The summed E-state index contributed by atoms with van der Waals surface area (Å²) < 4.78 is 46.8. The molecule has 0 spiro atoms. The molecule has 45 heavy (non-hydrogen) atoms. The van der Waals surface area contributed by atoms with Crippen molar-refractivity contribution < 1.29 is 17.7 Å². The molecule has 5 aromatic rings. The van der Waals surface area contributed by atoms with Crippen molar-refractivity contribution >= 4 is 22.9 Å². The second-order valence-electron chi connectivity index (χ2n) is 11.9. The van der Waals surface area contributed by atoms with E-state index < -0.39 is 17.5 Å². The summed E-state index contributed by atoms with van der Waals surface area (Å²) in [5, 5.41) is 7.37. The van der Waals surface area contributed by atoms with Gasteiger partial charge in [-0.1, -0.05) is 29.8 Å². The summed E-state index contributed by atoms with van der Waals surface area (Å²) in [5.41, 5.74) is 2.08. The lowest BCUT2D eigenvalue weighted by atomic mass is 9.80. The highest BCUT2D eigenvalue weighted by Gasteiger charge is 2.33. The van der Waals surface area contributed by atoms with E-state index in [9.17, 15) is 18.0 Å². The molecule has 1 aromatic carbocycles. The van der Waals surface area contributed by atoms with Gasteiger partial charge in [-0.05, 0) is 74.3 Å². The van der Waals surface area contributed by atoms with Crippen LogP contribution in [-0.4, -0.2) is 53.3 Å². The van der Waals surface area contributed by atoms with E-state index in [0.717, 1.165) is 56.3 Å². The third kappa shape index (κ3) is 5.88. The first kappa shape index (κ1) is 29.0. The number of nitrogens with zero attached hydrogens (tertiary/aromatic N) is 7. The van der Waals surface area contributed by atoms with Gasteiger partial charge in [0.1, 0.15) is 5.52 Å². The summed E-state index contributed by atoms with van der Waals surface area (Å²) in [4.78, 5) is 35.3. The Morgan fingerprint density at radius 1 is 1.07 bits per heavy atom. The number of benzene rings is 1. The fourth-order valence-corrected chi connectivity index (χ4v) is 6.28. The minimum Gasteiger partial charge on any atom is -0.365 e. The zero-order chi connectivity index (χ0) is 31.1. The van der Waals surface area contributed by atoms with Gasteiger partial charge in [0, 0.05) is 31.0 Å². The third-order valence-electron chi connectivity index (χ3n) is 8.91. The van der Waals surface area contributed by atoms with E-state index in [-0.39, 0.29) is 30.3 Å². The molecule has 0 radical (unpaired) electrons. The highest BCUT2D eigenvalue weighted by Crippen LogP contribution is 2.36. The molecule has 2 aliphatic rings. The molecule has 1 saturated heterocycles. The zero-order valence-corrected chi connectivity index (χ0v) is 24.6. The number of H-pyrrole nitrogens is 1. The number of hydrogen-bond donors (Lipinski definition) is 2. The van der Waals surface area contributed by atoms with E-state index in [4.69, 9.17) is 19.5 Å². The Kier molecular flexibility index (Phi) is 7.50. The molecular weight excluding hydrogens is 587 g/mol. The van der Waals surface area contributed by atoms with E-state index >= 15 is 0 Å². The molecule has 2 fully saturated rings. The minimum absolute atomic E-state index is 0.0794. The Labute approximate surface area is 255 Å². The maximum atomic E-state index is 13.4. The number of aromatic nitrogens is 7. The Balaban J connectivity index is 1.36. The van der Waals surface area contributed by atoms with Crippen LogP contribution in [0.4, 0.5) is 24.9 Å². The predicted molar refractivity (Wildman–Crippen MR) is 161 cm³/mol. The molecule has 14 heteroatoms. The number of alkyl halides is 3. The van der Waals surface area contributed by atoms with Crippen LogP contribution in [0.2, 0.25) is 0 Å². The van der Waals surface area contributed by atoms with Gasteiger partial charge in [-0.15, -0.1) is 0 Å². The first-order valence-electron chi connectivity index (χ1n) is 15.2. The third-order valence-corrected chi connectivity index (χ3v) is 8.91. The number of imidazole rings is 1. The maximum absolute atomic E-state index is 13.4. The van der Waals surface area contributed by atoms with Crippen LogP contribution in [-0.2, 0) is 19.1 Å². The highest BCUT2D eigenvalue weighted by atomic mass is 19.4. The summed E-state index contributed by atoms with van der Waals surface area (Å²) in [6, 6.07) is 9.37. The molecule has 2 N–H and O–H groups in total. The molecular formula is C31H32F3N9O2. The van der Waals surface area contributed by atoms with E-state index in [2.05, 4.69) is 38.3 Å². The van der Waals surface area contributed by atoms with Crippen LogP contribution in [0, 0.1) is 5.92 Å². The SMILES string of the molecule is C[C@@H](Nc1nc(-c2noc(=O)[nH]2)nc2nc(N3CCCC3Cc3cccnc3)n(Cc3ccc(C(F)(F)F)cc3)c12)C1CCC1. The van der Waals surface area contributed by atoms with Gasteiger partial charge >= 0.3 is 11.9 Å². The van der Waals surface area contributed by atoms with Crippen LogP contribution in [0.15, 0.2) is 58.1 Å². The van der Waals surface area contributed by atoms with Crippen LogP contribution in [0.5, 0.6) is 0 Å². The number of rotatable bonds is 9. The standard InChI is InChI=1S/C31H32F3N9O2/c1-18(21-6-2-7-21)36-25-24-26(38-27(37-25)28-40-30(44)45-41-28)39-29(42-14-4-8-23(42)15-20-5-3-13-35-16-20)43(24)17-19-9-11-22(12-10-19)31(32,33)34/h3,5,9-13,16,18,21,23H,2,4,6-8,14-15,17H2,1H3,(H,36,37,38)(H,40,41,44)/t18-,23?/m1/s1. The Morgan fingerprint density at radius 2 is 1.89 bits per heavy atom. The van der Waals surface area contributed by atoms with Crippen molar-refractivity contribution in [2.45, 2.75) is 70.3 Å². The normalized spacial score (nSPS) is 18.0. The maximum Gasteiger partial charge on any atom is 0.439 e. The van der Waals surface area contributed by atoms with Crippen molar-refractivity contribution in [1.29, 1.82) is 0 Å². The lowest BCUT2D eigenvalue weighted by Gasteiger charge is -2.32. The number of aromatic amines is 1. The van der Waals surface area contributed by atoms with Crippen molar-refractivity contribution in [3.8, 4) is 11.6 Å². The lowest BCUT2D eigenvalue weighted by Crippen LogP contribution is -2.33. The molecule has 11 nitrogen and oxygen atoms in total. The summed E-state index contributed by atoms with van der Waals surface area (Å²) in [6.45, 7) is 3.10. The monoisotopic (exact) mass is 619 g/mol. The van der Waals surface area contributed by atoms with Crippen molar-refractivity contribution in [3.05, 3.63) is 76.0 Å². The Hall–Kier alpha value is -4.75. The molecule has 1 unspecified atom stereocenters. The lowest BCUT2D eigenvalue weighted by molar-refractivity contribution is -0.137. The van der Waals surface area contributed by atoms with Gasteiger partial charge in [0.15, 0.2) is 11.5 Å². The van der Waals surface area contributed by atoms with Crippen molar-refractivity contribution in [2.24, 2.45) is 5.92 Å². The summed E-state index contributed by atoms with van der Waals surface area (Å²) >= 11 is 0. The van der Waals surface area contributed by atoms with Gasteiger partial charge in [-0.3, -0.25) is 14.5 Å². The van der Waals surface area contributed by atoms with Gasteiger partial charge in [-0.25, -0.2) is 14.8 Å². The van der Waals surface area contributed by atoms with Gasteiger partial charge in [0.05, 0.1) is 12.1 Å². The molecule has 4 aromatic heterocycles. The summed E-state index contributed by atoms with van der Waals surface area (Å²) in [5.74, 6) is 1.13. The molecule has 1 aliphatic carbocycles.